The lowest BCUT2D eigenvalue weighted by Gasteiger charge is -2.06. The number of aryl methyl sites for hydroxylation is 1. The topological polar surface area (TPSA) is 43.8 Å². The molecule has 3 rings (SSSR count). The van der Waals surface area contributed by atoms with Gasteiger partial charge in [-0.15, -0.1) is 0 Å². The molecular formula is C18H21N3. The normalized spacial score (nSPS) is 11.1. The fourth-order valence-corrected chi connectivity index (χ4v) is 2.77. The molecule has 108 valence electrons. The van der Waals surface area contributed by atoms with Crippen molar-refractivity contribution >= 4 is 17.0 Å². The van der Waals surface area contributed by atoms with Gasteiger partial charge in [-0.3, -0.25) is 0 Å². The summed E-state index contributed by atoms with van der Waals surface area (Å²) in [6.07, 6.45) is 3.57. The summed E-state index contributed by atoms with van der Waals surface area (Å²) in [7, 11) is 0. The minimum atomic E-state index is 0.615. The number of hydrogen-bond donors (Lipinski definition) is 1. The molecule has 0 spiro atoms. The van der Waals surface area contributed by atoms with Crippen molar-refractivity contribution in [3.8, 4) is 11.1 Å². The number of benzene rings is 2. The lowest BCUT2D eigenvalue weighted by molar-refractivity contribution is 0.619. The maximum Gasteiger partial charge on any atom is 0.201 e. The highest BCUT2D eigenvalue weighted by atomic mass is 15.1. The molecular weight excluding hydrogens is 258 g/mol. The van der Waals surface area contributed by atoms with Crippen molar-refractivity contribution < 1.29 is 0 Å². The Morgan fingerprint density at radius 2 is 1.81 bits per heavy atom. The van der Waals surface area contributed by atoms with Crippen molar-refractivity contribution in [3.63, 3.8) is 0 Å². The van der Waals surface area contributed by atoms with Gasteiger partial charge in [-0.25, -0.2) is 4.98 Å². The number of anilines is 1. The Morgan fingerprint density at radius 1 is 1.00 bits per heavy atom. The Morgan fingerprint density at radius 3 is 2.57 bits per heavy atom. The van der Waals surface area contributed by atoms with E-state index in [0.29, 0.717) is 5.95 Å². The fourth-order valence-electron chi connectivity index (χ4n) is 2.77. The summed E-state index contributed by atoms with van der Waals surface area (Å²) >= 11 is 0. The molecule has 1 heterocycles. The molecule has 0 unspecified atom stereocenters. The van der Waals surface area contributed by atoms with Crippen LogP contribution in [0, 0.1) is 0 Å². The van der Waals surface area contributed by atoms with Crippen molar-refractivity contribution in [2.75, 3.05) is 5.73 Å². The molecule has 0 fully saturated rings. The Kier molecular flexibility index (Phi) is 3.91. The smallest absolute Gasteiger partial charge is 0.201 e. The van der Waals surface area contributed by atoms with E-state index in [1.807, 2.05) is 6.07 Å². The first-order valence-electron chi connectivity index (χ1n) is 7.61. The van der Waals surface area contributed by atoms with Crippen LogP contribution in [0.4, 0.5) is 5.95 Å². The van der Waals surface area contributed by atoms with Gasteiger partial charge >= 0.3 is 0 Å². The molecule has 0 saturated carbocycles. The van der Waals surface area contributed by atoms with Crippen LogP contribution in [0.3, 0.4) is 0 Å². The van der Waals surface area contributed by atoms with Crippen LogP contribution in [0.25, 0.3) is 22.2 Å². The molecule has 0 aliphatic rings. The SMILES string of the molecule is CCCCCn1c(N)nc2c(-c3ccccc3)cccc21. The van der Waals surface area contributed by atoms with E-state index in [9.17, 15) is 0 Å². The molecule has 1 aromatic heterocycles. The van der Waals surface area contributed by atoms with E-state index < -0.39 is 0 Å². The number of nitrogens with two attached hydrogens (primary N) is 1. The van der Waals surface area contributed by atoms with Gasteiger partial charge in [0.25, 0.3) is 0 Å². The van der Waals surface area contributed by atoms with E-state index in [4.69, 9.17) is 5.73 Å². The van der Waals surface area contributed by atoms with E-state index in [2.05, 4.69) is 58.9 Å². The van der Waals surface area contributed by atoms with Gasteiger partial charge in [-0.1, -0.05) is 62.2 Å². The third-order valence-electron chi connectivity index (χ3n) is 3.88. The first-order valence-corrected chi connectivity index (χ1v) is 7.61. The number of hydrogen-bond acceptors (Lipinski definition) is 2. The van der Waals surface area contributed by atoms with Gasteiger partial charge in [-0.2, -0.15) is 0 Å². The number of unbranched alkanes of at least 4 members (excludes halogenated alkanes) is 2. The van der Waals surface area contributed by atoms with Gasteiger partial charge in [0.15, 0.2) is 0 Å². The lowest BCUT2D eigenvalue weighted by atomic mass is 10.0. The van der Waals surface area contributed by atoms with E-state index in [-0.39, 0.29) is 0 Å². The molecule has 3 heteroatoms. The third kappa shape index (κ3) is 2.64. The zero-order chi connectivity index (χ0) is 14.7. The van der Waals surface area contributed by atoms with Gasteiger partial charge in [-0.05, 0) is 18.1 Å². The van der Waals surface area contributed by atoms with Crippen LogP contribution in [0.2, 0.25) is 0 Å². The summed E-state index contributed by atoms with van der Waals surface area (Å²) in [5.41, 5.74) is 10.6. The highest BCUT2D eigenvalue weighted by molar-refractivity contribution is 5.93. The maximum absolute atomic E-state index is 6.13. The van der Waals surface area contributed by atoms with E-state index >= 15 is 0 Å². The largest absolute Gasteiger partial charge is 0.369 e. The monoisotopic (exact) mass is 279 g/mol. The van der Waals surface area contributed by atoms with Crippen molar-refractivity contribution in [2.45, 2.75) is 32.7 Å². The minimum absolute atomic E-state index is 0.615. The van der Waals surface area contributed by atoms with Gasteiger partial charge in [0.05, 0.1) is 11.0 Å². The fraction of sp³-hybridized carbons (Fsp3) is 0.278. The molecule has 0 bridgehead atoms. The van der Waals surface area contributed by atoms with Crippen LogP contribution >= 0.6 is 0 Å². The van der Waals surface area contributed by atoms with Gasteiger partial charge < -0.3 is 10.3 Å². The second kappa shape index (κ2) is 6.00. The number of aromatic nitrogens is 2. The predicted octanol–water partition coefficient (Wildman–Crippen LogP) is 4.48. The van der Waals surface area contributed by atoms with Gasteiger partial charge in [0, 0.05) is 12.1 Å². The van der Waals surface area contributed by atoms with Crippen LogP contribution in [0.15, 0.2) is 48.5 Å². The average Bonchev–Trinajstić information content (AvgIpc) is 2.84. The summed E-state index contributed by atoms with van der Waals surface area (Å²) in [6.45, 7) is 3.15. The summed E-state index contributed by atoms with van der Waals surface area (Å²) in [5, 5.41) is 0. The zero-order valence-corrected chi connectivity index (χ0v) is 12.4. The van der Waals surface area contributed by atoms with Gasteiger partial charge in [0.1, 0.15) is 0 Å². The van der Waals surface area contributed by atoms with Crippen molar-refractivity contribution in [1.82, 2.24) is 9.55 Å². The molecule has 0 amide bonds. The Labute approximate surface area is 125 Å². The summed E-state index contributed by atoms with van der Waals surface area (Å²) < 4.78 is 2.14. The quantitative estimate of drug-likeness (QED) is 0.700. The molecule has 0 radical (unpaired) electrons. The molecule has 2 N–H and O–H groups in total. The van der Waals surface area contributed by atoms with Crippen molar-refractivity contribution in [3.05, 3.63) is 48.5 Å². The Hall–Kier alpha value is -2.29. The van der Waals surface area contributed by atoms with Crippen molar-refractivity contribution in [1.29, 1.82) is 0 Å². The molecule has 2 aromatic carbocycles. The number of nitrogens with zero attached hydrogens (tertiary/aromatic N) is 2. The summed E-state index contributed by atoms with van der Waals surface area (Å²) in [5.74, 6) is 0.615. The zero-order valence-electron chi connectivity index (χ0n) is 12.4. The Bertz CT molecular complexity index is 729. The predicted molar refractivity (Wildman–Crippen MR) is 89.1 cm³/mol. The molecule has 21 heavy (non-hydrogen) atoms. The standard InChI is InChI=1S/C18H21N3/c1-2-3-7-13-21-16-12-8-11-15(17(16)20-18(21)19)14-9-5-4-6-10-14/h4-6,8-12H,2-3,7,13H2,1H3,(H2,19,20). The third-order valence-corrected chi connectivity index (χ3v) is 3.88. The number of fused-ring (bicyclic) bond motifs is 1. The average molecular weight is 279 g/mol. The van der Waals surface area contributed by atoms with Crippen LogP contribution < -0.4 is 5.73 Å². The molecule has 0 aliphatic carbocycles. The number of para-hydroxylation sites is 1. The van der Waals surface area contributed by atoms with E-state index in [0.717, 1.165) is 29.6 Å². The lowest BCUT2D eigenvalue weighted by Crippen LogP contribution is -2.03. The number of imidazole rings is 1. The van der Waals surface area contributed by atoms with Crippen molar-refractivity contribution in [2.24, 2.45) is 0 Å². The van der Waals surface area contributed by atoms with Crippen LogP contribution in [-0.2, 0) is 6.54 Å². The maximum atomic E-state index is 6.13. The molecule has 0 atom stereocenters. The molecule has 0 saturated heterocycles. The van der Waals surface area contributed by atoms with E-state index in [1.54, 1.807) is 0 Å². The first-order chi connectivity index (χ1) is 10.3. The molecule has 0 aliphatic heterocycles. The number of nitrogen functional groups attached to an aromatic ring is 1. The number of rotatable bonds is 5. The van der Waals surface area contributed by atoms with Crippen LogP contribution in [0.1, 0.15) is 26.2 Å². The summed E-state index contributed by atoms with van der Waals surface area (Å²) in [6, 6.07) is 16.7. The first kappa shape index (κ1) is 13.7. The van der Waals surface area contributed by atoms with Crippen LogP contribution in [-0.4, -0.2) is 9.55 Å². The summed E-state index contributed by atoms with van der Waals surface area (Å²) in [4.78, 5) is 4.61. The molecule has 3 nitrogen and oxygen atoms in total. The highest BCUT2D eigenvalue weighted by Gasteiger charge is 2.12. The minimum Gasteiger partial charge on any atom is -0.369 e. The van der Waals surface area contributed by atoms with E-state index in [1.165, 1.54) is 18.4 Å². The Balaban J connectivity index is 2.07. The van der Waals surface area contributed by atoms with Gasteiger partial charge in [0.2, 0.25) is 5.95 Å². The second-order valence-electron chi connectivity index (χ2n) is 5.37. The van der Waals surface area contributed by atoms with Crippen LogP contribution in [0.5, 0.6) is 0 Å². The molecule has 3 aromatic rings. The highest BCUT2D eigenvalue weighted by Crippen LogP contribution is 2.29. The second-order valence-corrected chi connectivity index (χ2v) is 5.37.